The highest BCUT2D eigenvalue weighted by atomic mass is 127. The number of nitrogens with zero attached hydrogens (tertiary/aromatic N) is 3. The molecule has 6 nitrogen and oxygen atoms in total. The van der Waals surface area contributed by atoms with E-state index in [9.17, 15) is 4.21 Å². The fourth-order valence-corrected chi connectivity index (χ4v) is 4.23. The summed E-state index contributed by atoms with van der Waals surface area (Å²) in [7, 11) is 2.49. The quantitative estimate of drug-likeness (QED) is 0.355. The Bertz CT molecular complexity index is 794. The molecule has 1 aliphatic heterocycles. The van der Waals surface area contributed by atoms with Crippen LogP contribution in [0.5, 0.6) is 5.75 Å². The van der Waals surface area contributed by atoms with Crippen molar-refractivity contribution in [3.8, 4) is 5.75 Å². The van der Waals surface area contributed by atoms with Crippen LogP contribution in [0.2, 0.25) is 0 Å². The van der Waals surface area contributed by atoms with Gasteiger partial charge in [-0.15, -0.1) is 24.0 Å². The highest BCUT2D eigenvalue weighted by Crippen LogP contribution is 2.20. The second kappa shape index (κ2) is 12.0. The summed E-state index contributed by atoms with van der Waals surface area (Å²) in [6, 6.07) is 17.8. The molecule has 0 aliphatic carbocycles. The molecule has 0 amide bonds. The van der Waals surface area contributed by atoms with Crippen molar-refractivity contribution in [2.24, 2.45) is 4.99 Å². The van der Waals surface area contributed by atoms with Gasteiger partial charge in [0.15, 0.2) is 5.96 Å². The number of benzene rings is 2. The second-order valence-corrected chi connectivity index (χ2v) is 8.08. The number of ether oxygens (including phenoxy) is 1. The number of aliphatic imine (C=N–C) groups is 1. The first-order valence-corrected chi connectivity index (χ1v) is 10.8. The van der Waals surface area contributed by atoms with Crippen molar-refractivity contribution in [1.82, 2.24) is 10.2 Å². The fraction of sp³-hybridized carbons (Fsp3) is 0.381. The molecule has 1 fully saturated rings. The van der Waals surface area contributed by atoms with E-state index in [1.54, 1.807) is 14.2 Å². The van der Waals surface area contributed by atoms with E-state index in [1.807, 2.05) is 42.5 Å². The van der Waals surface area contributed by atoms with Crippen LogP contribution in [0.3, 0.4) is 0 Å². The lowest BCUT2D eigenvalue weighted by Crippen LogP contribution is -2.53. The SMILES string of the molecule is CN=C(NCCS(=O)c1ccccc1)N1CCN(c2ccc(OC)cc2)CC1.I. The van der Waals surface area contributed by atoms with Crippen molar-refractivity contribution >= 4 is 46.4 Å². The van der Waals surface area contributed by atoms with Crippen molar-refractivity contribution in [1.29, 1.82) is 0 Å². The normalized spacial score (nSPS) is 15.4. The lowest BCUT2D eigenvalue weighted by Gasteiger charge is -2.37. The number of nitrogens with one attached hydrogen (secondary N) is 1. The first-order chi connectivity index (χ1) is 13.7. The van der Waals surface area contributed by atoms with Gasteiger partial charge < -0.3 is 19.9 Å². The van der Waals surface area contributed by atoms with Crippen LogP contribution >= 0.6 is 24.0 Å². The zero-order chi connectivity index (χ0) is 19.8. The number of methoxy groups -OCH3 is 1. The minimum atomic E-state index is -0.995. The number of guanidine groups is 1. The van der Waals surface area contributed by atoms with Crippen LogP contribution in [0.15, 0.2) is 64.5 Å². The summed E-state index contributed by atoms with van der Waals surface area (Å²) < 4.78 is 17.6. The third kappa shape index (κ3) is 6.60. The van der Waals surface area contributed by atoms with Crippen LogP contribution < -0.4 is 15.0 Å². The Balaban J connectivity index is 0.00000300. The average Bonchev–Trinajstić information content (AvgIpc) is 2.77. The standard InChI is InChI=1S/C21H28N4O2S.HI/c1-22-21(23-12-17-28(26)20-6-4-3-5-7-20)25-15-13-24(14-16-25)18-8-10-19(27-2)11-9-18;/h3-11H,12-17H2,1-2H3,(H,22,23);1H. The summed E-state index contributed by atoms with van der Waals surface area (Å²) in [5.74, 6) is 2.31. The lowest BCUT2D eigenvalue weighted by atomic mass is 10.2. The highest BCUT2D eigenvalue weighted by molar-refractivity contribution is 14.0. The number of anilines is 1. The van der Waals surface area contributed by atoms with Gasteiger partial charge in [-0.3, -0.25) is 9.20 Å². The van der Waals surface area contributed by atoms with Crippen molar-refractivity contribution in [2.75, 3.05) is 57.5 Å². The predicted octanol–water partition coefficient (Wildman–Crippen LogP) is 2.82. The summed E-state index contributed by atoms with van der Waals surface area (Å²) in [6.45, 7) is 4.29. The smallest absolute Gasteiger partial charge is 0.193 e. The van der Waals surface area contributed by atoms with Gasteiger partial charge in [-0.25, -0.2) is 0 Å². The minimum Gasteiger partial charge on any atom is -0.497 e. The molecular formula is C21H29IN4O2S. The number of hydrogen-bond acceptors (Lipinski definition) is 4. The van der Waals surface area contributed by atoms with E-state index in [0.29, 0.717) is 12.3 Å². The third-order valence-electron chi connectivity index (χ3n) is 4.81. The van der Waals surface area contributed by atoms with Gasteiger partial charge in [-0.05, 0) is 36.4 Å². The van der Waals surface area contributed by atoms with Gasteiger partial charge in [0, 0.05) is 56.1 Å². The number of halogens is 1. The van der Waals surface area contributed by atoms with Crippen LogP contribution in [0.1, 0.15) is 0 Å². The fourth-order valence-electron chi connectivity index (χ4n) is 3.25. The highest BCUT2D eigenvalue weighted by Gasteiger charge is 2.20. The zero-order valence-corrected chi connectivity index (χ0v) is 20.1. The van der Waals surface area contributed by atoms with Crippen molar-refractivity contribution < 1.29 is 8.95 Å². The van der Waals surface area contributed by atoms with E-state index in [2.05, 4.69) is 32.2 Å². The molecule has 1 atom stereocenters. The lowest BCUT2D eigenvalue weighted by molar-refractivity contribution is 0.373. The molecule has 0 spiro atoms. The molecular weight excluding hydrogens is 499 g/mol. The third-order valence-corrected chi connectivity index (χ3v) is 6.18. The molecule has 158 valence electrons. The summed E-state index contributed by atoms with van der Waals surface area (Å²) in [5.41, 5.74) is 1.21. The van der Waals surface area contributed by atoms with Crippen LogP contribution in [-0.4, -0.2) is 67.7 Å². The molecule has 1 N–H and O–H groups in total. The topological polar surface area (TPSA) is 57.2 Å². The number of rotatable bonds is 6. The Morgan fingerprint density at radius 2 is 1.72 bits per heavy atom. The molecule has 2 aromatic rings. The minimum absolute atomic E-state index is 0. The monoisotopic (exact) mass is 528 g/mol. The Labute approximate surface area is 192 Å². The van der Waals surface area contributed by atoms with Gasteiger partial charge in [0.1, 0.15) is 5.75 Å². The molecule has 2 aromatic carbocycles. The zero-order valence-electron chi connectivity index (χ0n) is 16.9. The van der Waals surface area contributed by atoms with E-state index in [4.69, 9.17) is 4.74 Å². The molecule has 8 heteroatoms. The molecule has 29 heavy (non-hydrogen) atoms. The van der Waals surface area contributed by atoms with Gasteiger partial charge in [0.25, 0.3) is 0 Å². The van der Waals surface area contributed by atoms with E-state index >= 15 is 0 Å². The maximum Gasteiger partial charge on any atom is 0.193 e. The first kappa shape index (κ1) is 23.5. The molecule has 3 rings (SSSR count). The second-order valence-electron chi connectivity index (χ2n) is 6.51. The Morgan fingerprint density at radius 3 is 2.31 bits per heavy atom. The van der Waals surface area contributed by atoms with Gasteiger partial charge in [0.2, 0.25) is 0 Å². The Hall–Kier alpha value is -1.81. The van der Waals surface area contributed by atoms with Crippen LogP contribution in [0.4, 0.5) is 5.69 Å². The Kier molecular flexibility index (Phi) is 9.72. The predicted molar refractivity (Wildman–Crippen MR) is 131 cm³/mol. The largest absolute Gasteiger partial charge is 0.497 e. The maximum atomic E-state index is 12.3. The number of piperazine rings is 1. The van der Waals surface area contributed by atoms with Gasteiger partial charge in [-0.1, -0.05) is 18.2 Å². The first-order valence-electron chi connectivity index (χ1n) is 9.49. The maximum absolute atomic E-state index is 12.3. The van der Waals surface area contributed by atoms with Crippen LogP contribution in [0, 0.1) is 0 Å². The van der Waals surface area contributed by atoms with Gasteiger partial charge in [-0.2, -0.15) is 0 Å². The van der Waals surface area contributed by atoms with Crippen LogP contribution in [-0.2, 0) is 10.8 Å². The van der Waals surface area contributed by atoms with Crippen LogP contribution in [0.25, 0.3) is 0 Å². The summed E-state index contributed by atoms with van der Waals surface area (Å²) >= 11 is 0. The molecule has 0 saturated carbocycles. The summed E-state index contributed by atoms with van der Waals surface area (Å²) in [5, 5.41) is 3.36. The molecule has 0 radical (unpaired) electrons. The van der Waals surface area contributed by atoms with Crippen molar-refractivity contribution in [3.63, 3.8) is 0 Å². The molecule has 1 heterocycles. The Morgan fingerprint density at radius 1 is 1.07 bits per heavy atom. The number of hydrogen-bond donors (Lipinski definition) is 1. The summed E-state index contributed by atoms with van der Waals surface area (Å²) in [4.78, 5) is 9.89. The molecule has 1 saturated heterocycles. The van der Waals surface area contributed by atoms with E-state index in [1.165, 1.54) is 5.69 Å². The summed E-state index contributed by atoms with van der Waals surface area (Å²) in [6.07, 6.45) is 0. The molecule has 1 unspecified atom stereocenters. The molecule has 0 aromatic heterocycles. The molecule has 0 bridgehead atoms. The average molecular weight is 528 g/mol. The van der Waals surface area contributed by atoms with E-state index in [0.717, 1.165) is 42.8 Å². The van der Waals surface area contributed by atoms with E-state index < -0.39 is 10.8 Å². The van der Waals surface area contributed by atoms with Crippen molar-refractivity contribution in [2.45, 2.75) is 4.90 Å². The molecule has 1 aliphatic rings. The van der Waals surface area contributed by atoms with Gasteiger partial charge >= 0.3 is 0 Å². The van der Waals surface area contributed by atoms with E-state index in [-0.39, 0.29) is 24.0 Å². The van der Waals surface area contributed by atoms with Crippen molar-refractivity contribution in [3.05, 3.63) is 54.6 Å². The van der Waals surface area contributed by atoms with Gasteiger partial charge in [0.05, 0.1) is 17.9 Å².